The number of nitro benzene ring substituents is 1. The van der Waals surface area contributed by atoms with Gasteiger partial charge in [0.2, 0.25) is 9.84 Å². The largest absolute Gasteiger partial charge is 0.298 e. The van der Waals surface area contributed by atoms with Gasteiger partial charge < -0.3 is 0 Å². The van der Waals surface area contributed by atoms with Gasteiger partial charge >= 0.3 is 0 Å². The number of thioether (sulfide) groups is 1. The van der Waals surface area contributed by atoms with Gasteiger partial charge in [0.15, 0.2) is 5.13 Å². The standard InChI is InChI=1S/C17H13N3O5S3/c1-26-14-5-3-2-4-13(14)16(21)19-17-18-10-15(27-17)28(24,25)12-8-6-11(7-9-12)20(22)23/h2-10H,1H3,(H,18,19,21). The number of carbonyl (C=O) groups excluding carboxylic acids is 1. The van der Waals surface area contributed by atoms with Gasteiger partial charge in [0.05, 0.1) is 21.6 Å². The Kier molecular flexibility index (Phi) is 5.77. The van der Waals surface area contributed by atoms with E-state index in [-0.39, 0.29) is 19.9 Å². The number of nitrogens with zero attached hydrogens (tertiary/aromatic N) is 2. The number of sulfone groups is 1. The third kappa shape index (κ3) is 4.06. The first kappa shape index (κ1) is 20.0. The normalized spacial score (nSPS) is 11.2. The number of rotatable bonds is 6. The van der Waals surface area contributed by atoms with E-state index in [1.807, 2.05) is 18.4 Å². The Morgan fingerprint density at radius 3 is 2.50 bits per heavy atom. The van der Waals surface area contributed by atoms with Gasteiger partial charge in [-0.25, -0.2) is 13.4 Å². The van der Waals surface area contributed by atoms with Gasteiger partial charge in [-0.3, -0.25) is 20.2 Å². The van der Waals surface area contributed by atoms with Crippen LogP contribution in [0.5, 0.6) is 0 Å². The van der Waals surface area contributed by atoms with E-state index < -0.39 is 20.7 Å². The first-order chi connectivity index (χ1) is 13.3. The van der Waals surface area contributed by atoms with E-state index in [0.717, 1.165) is 34.6 Å². The lowest BCUT2D eigenvalue weighted by Gasteiger charge is -2.06. The van der Waals surface area contributed by atoms with E-state index in [1.165, 1.54) is 23.9 Å². The van der Waals surface area contributed by atoms with Crippen LogP contribution >= 0.6 is 23.1 Å². The second kappa shape index (κ2) is 8.09. The number of nitrogens with one attached hydrogen (secondary N) is 1. The van der Waals surface area contributed by atoms with E-state index in [2.05, 4.69) is 10.3 Å². The second-order valence-electron chi connectivity index (χ2n) is 5.39. The Bertz CT molecular complexity index is 1140. The lowest BCUT2D eigenvalue weighted by molar-refractivity contribution is -0.384. The van der Waals surface area contributed by atoms with Crippen molar-refractivity contribution >= 4 is 49.7 Å². The summed E-state index contributed by atoms with van der Waals surface area (Å²) in [5.74, 6) is -0.390. The maximum atomic E-state index is 12.7. The van der Waals surface area contributed by atoms with Gasteiger partial charge in [0, 0.05) is 17.0 Å². The fourth-order valence-electron chi connectivity index (χ4n) is 2.30. The first-order valence-corrected chi connectivity index (χ1v) is 11.2. The third-order valence-electron chi connectivity index (χ3n) is 3.68. The van der Waals surface area contributed by atoms with E-state index in [0.29, 0.717) is 5.56 Å². The molecule has 0 atom stereocenters. The highest BCUT2D eigenvalue weighted by Gasteiger charge is 2.23. The molecule has 0 aliphatic carbocycles. The molecule has 0 fully saturated rings. The van der Waals surface area contributed by atoms with Crippen molar-refractivity contribution in [1.82, 2.24) is 4.98 Å². The molecule has 0 saturated carbocycles. The predicted octanol–water partition coefficient (Wildman–Crippen LogP) is 3.86. The van der Waals surface area contributed by atoms with Crippen LogP contribution in [0.2, 0.25) is 0 Å². The van der Waals surface area contributed by atoms with Crippen LogP contribution in [0, 0.1) is 10.1 Å². The van der Waals surface area contributed by atoms with Gasteiger partial charge in [-0.15, -0.1) is 11.8 Å². The van der Waals surface area contributed by atoms with Gasteiger partial charge in [0.1, 0.15) is 4.21 Å². The summed E-state index contributed by atoms with van der Waals surface area (Å²) in [6.45, 7) is 0. The monoisotopic (exact) mass is 435 g/mol. The van der Waals surface area contributed by atoms with Crippen LogP contribution < -0.4 is 5.32 Å². The molecule has 0 radical (unpaired) electrons. The number of hydrogen-bond donors (Lipinski definition) is 1. The zero-order valence-corrected chi connectivity index (χ0v) is 16.8. The molecule has 0 spiro atoms. The fraction of sp³-hybridized carbons (Fsp3) is 0.0588. The highest BCUT2D eigenvalue weighted by molar-refractivity contribution is 7.98. The maximum Gasteiger partial charge on any atom is 0.269 e. The first-order valence-electron chi connectivity index (χ1n) is 7.72. The van der Waals surface area contributed by atoms with Crippen LogP contribution in [-0.4, -0.2) is 30.5 Å². The van der Waals surface area contributed by atoms with Gasteiger partial charge in [0.25, 0.3) is 11.6 Å². The number of anilines is 1. The van der Waals surface area contributed by atoms with E-state index in [9.17, 15) is 23.3 Å². The Morgan fingerprint density at radius 2 is 1.86 bits per heavy atom. The van der Waals surface area contributed by atoms with Crippen molar-refractivity contribution in [2.75, 3.05) is 11.6 Å². The minimum absolute atomic E-state index is 0.0743. The smallest absolute Gasteiger partial charge is 0.269 e. The van der Waals surface area contributed by atoms with Crippen molar-refractivity contribution in [1.29, 1.82) is 0 Å². The van der Waals surface area contributed by atoms with Crippen LogP contribution in [0.25, 0.3) is 0 Å². The topological polar surface area (TPSA) is 119 Å². The molecule has 1 N–H and O–H groups in total. The van der Waals surface area contributed by atoms with Crippen molar-refractivity contribution in [2.45, 2.75) is 14.0 Å². The number of hydrogen-bond acceptors (Lipinski definition) is 8. The molecule has 8 nitrogen and oxygen atoms in total. The molecule has 2 aromatic carbocycles. The maximum absolute atomic E-state index is 12.7. The number of amides is 1. The molecule has 1 aromatic heterocycles. The van der Waals surface area contributed by atoms with Crippen LogP contribution in [0.3, 0.4) is 0 Å². The Balaban J connectivity index is 1.83. The van der Waals surface area contributed by atoms with E-state index in [4.69, 9.17) is 0 Å². The molecular formula is C17H13N3O5S3. The Hall–Kier alpha value is -2.76. The summed E-state index contributed by atoms with van der Waals surface area (Å²) in [6.07, 6.45) is 3.00. The highest BCUT2D eigenvalue weighted by atomic mass is 32.2. The molecule has 3 aromatic rings. The van der Waals surface area contributed by atoms with Crippen LogP contribution in [0.15, 0.2) is 68.7 Å². The average molecular weight is 436 g/mol. The van der Waals surface area contributed by atoms with Crippen LogP contribution in [0.1, 0.15) is 10.4 Å². The number of nitro groups is 1. The Morgan fingerprint density at radius 1 is 1.18 bits per heavy atom. The van der Waals surface area contributed by atoms with Gasteiger partial charge in [-0.05, 0) is 30.5 Å². The third-order valence-corrected chi connectivity index (χ3v) is 7.62. The van der Waals surface area contributed by atoms with Crippen molar-refractivity contribution in [3.05, 3.63) is 70.4 Å². The minimum atomic E-state index is -3.90. The molecule has 11 heteroatoms. The molecule has 0 aliphatic heterocycles. The van der Waals surface area contributed by atoms with Crippen LogP contribution in [-0.2, 0) is 9.84 Å². The second-order valence-corrected chi connectivity index (χ2v) is 9.45. The molecule has 3 rings (SSSR count). The number of non-ortho nitro benzene ring substituents is 1. The van der Waals surface area contributed by atoms with Crippen molar-refractivity contribution < 1.29 is 18.1 Å². The van der Waals surface area contributed by atoms with Gasteiger partial charge in [-0.2, -0.15) is 0 Å². The SMILES string of the molecule is CSc1ccccc1C(=O)Nc1ncc(S(=O)(=O)c2ccc([N+](=O)[O-])cc2)s1. The summed E-state index contributed by atoms with van der Waals surface area (Å²) in [5.41, 5.74) is 0.258. The molecule has 0 saturated heterocycles. The van der Waals surface area contributed by atoms with Gasteiger partial charge in [-0.1, -0.05) is 23.5 Å². The van der Waals surface area contributed by atoms with Crippen molar-refractivity contribution in [2.24, 2.45) is 0 Å². The number of carbonyl (C=O) groups is 1. The number of aromatic nitrogens is 1. The molecule has 0 aliphatic rings. The summed E-state index contributed by atoms with van der Waals surface area (Å²) in [5, 5.41) is 13.4. The van der Waals surface area contributed by atoms with Crippen molar-refractivity contribution in [3.8, 4) is 0 Å². The molecule has 0 bridgehead atoms. The average Bonchev–Trinajstić information content (AvgIpc) is 3.17. The summed E-state index contributed by atoms with van der Waals surface area (Å²) < 4.78 is 25.3. The molecule has 1 amide bonds. The summed E-state index contributed by atoms with van der Waals surface area (Å²) in [7, 11) is -3.90. The summed E-state index contributed by atoms with van der Waals surface area (Å²) in [4.78, 5) is 27.2. The number of benzene rings is 2. The summed E-state index contributed by atoms with van der Waals surface area (Å²) in [6, 6.07) is 11.6. The van der Waals surface area contributed by atoms with Crippen molar-refractivity contribution in [3.63, 3.8) is 0 Å². The van der Waals surface area contributed by atoms with E-state index >= 15 is 0 Å². The molecule has 28 heavy (non-hydrogen) atoms. The molecule has 0 unspecified atom stereocenters. The van der Waals surface area contributed by atoms with E-state index in [1.54, 1.807) is 12.1 Å². The number of thiazole rings is 1. The quantitative estimate of drug-likeness (QED) is 0.355. The zero-order chi connectivity index (χ0) is 20.3. The fourth-order valence-corrected chi connectivity index (χ4v) is 5.32. The highest BCUT2D eigenvalue weighted by Crippen LogP contribution is 2.30. The zero-order valence-electron chi connectivity index (χ0n) is 14.4. The lowest BCUT2D eigenvalue weighted by Crippen LogP contribution is -2.12. The minimum Gasteiger partial charge on any atom is -0.298 e. The van der Waals surface area contributed by atoms with Crippen LogP contribution in [0.4, 0.5) is 10.8 Å². The molecular weight excluding hydrogens is 422 g/mol. The Labute approximate surface area is 168 Å². The lowest BCUT2D eigenvalue weighted by atomic mass is 10.2. The predicted molar refractivity (Wildman–Crippen MR) is 107 cm³/mol. The molecule has 1 heterocycles. The summed E-state index contributed by atoms with van der Waals surface area (Å²) >= 11 is 2.23. The molecule has 144 valence electrons.